The van der Waals surface area contributed by atoms with Gasteiger partial charge < -0.3 is 9.32 Å². The van der Waals surface area contributed by atoms with E-state index in [9.17, 15) is 0 Å². The maximum atomic E-state index is 6.57. The minimum atomic E-state index is 0.589. The second-order valence-corrected chi connectivity index (χ2v) is 12.1. The lowest BCUT2D eigenvalue weighted by Gasteiger charge is -2.25. The van der Waals surface area contributed by atoms with Crippen molar-refractivity contribution in [2.24, 2.45) is 0 Å². The molecule has 50 heavy (non-hydrogen) atoms. The van der Waals surface area contributed by atoms with Crippen LogP contribution >= 0.6 is 0 Å². The molecule has 9 aromatic rings. The third kappa shape index (κ3) is 5.47. The molecule has 0 radical (unpaired) electrons. The van der Waals surface area contributed by atoms with E-state index in [-0.39, 0.29) is 0 Å². The van der Waals surface area contributed by atoms with E-state index in [1.165, 1.54) is 0 Å². The van der Waals surface area contributed by atoms with Crippen LogP contribution in [-0.2, 0) is 0 Å². The van der Waals surface area contributed by atoms with Crippen LogP contribution in [0.25, 0.3) is 67.2 Å². The molecule has 2 aromatic heterocycles. The molecule has 0 atom stereocenters. The second kappa shape index (κ2) is 12.6. The number of aromatic nitrogens is 3. The highest BCUT2D eigenvalue weighted by Gasteiger charge is 2.20. The van der Waals surface area contributed by atoms with Gasteiger partial charge in [-0.1, -0.05) is 127 Å². The van der Waals surface area contributed by atoms with Crippen molar-refractivity contribution in [3.05, 3.63) is 182 Å². The lowest BCUT2D eigenvalue weighted by Crippen LogP contribution is -2.09. The fourth-order valence-corrected chi connectivity index (χ4v) is 6.55. The molecule has 0 amide bonds. The Bertz CT molecular complexity index is 2550. The molecular weight excluding hydrogens is 613 g/mol. The number of rotatable bonds is 7. The summed E-state index contributed by atoms with van der Waals surface area (Å²) < 4.78 is 6.57. The van der Waals surface area contributed by atoms with E-state index in [4.69, 9.17) is 19.4 Å². The molecule has 5 nitrogen and oxygen atoms in total. The first-order chi connectivity index (χ1) is 24.8. The Morgan fingerprint density at radius 3 is 1.58 bits per heavy atom. The van der Waals surface area contributed by atoms with Crippen LogP contribution in [-0.4, -0.2) is 15.0 Å². The molecule has 0 aliphatic rings. The average Bonchev–Trinajstić information content (AvgIpc) is 3.58. The number of fused-ring (bicyclic) bond motifs is 3. The van der Waals surface area contributed by atoms with Crippen LogP contribution in [0.4, 0.5) is 17.1 Å². The monoisotopic (exact) mass is 642 g/mol. The van der Waals surface area contributed by atoms with E-state index in [0.717, 1.165) is 66.8 Å². The number of hydrogen-bond donors (Lipinski definition) is 0. The van der Waals surface area contributed by atoms with E-state index in [1.54, 1.807) is 0 Å². The summed E-state index contributed by atoms with van der Waals surface area (Å²) >= 11 is 0. The maximum absolute atomic E-state index is 6.57. The molecule has 0 unspecified atom stereocenters. The molecule has 236 valence electrons. The van der Waals surface area contributed by atoms with Crippen LogP contribution in [0.5, 0.6) is 0 Å². The van der Waals surface area contributed by atoms with Gasteiger partial charge in [0.25, 0.3) is 0 Å². The highest BCUT2D eigenvalue weighted by atomic mass is 16.3. The van der Waals surface area contributed by atoms with Crippen molar-refractivity contribution in [1.29, 1.82) is 0 Å². The van der Waals surface area contributed by atoms with Crippen LogP contribution in [0.15, 0.2) is 186 Å². The number of anilines is 3. The smallest absolute Gasteiger partial charge is 0.164 e. The van der Waals surface area contributed by atoms with Gasteiger partial charge in [0.05, 0.1) is 0 Å². The minimum Gasteiger partial charge on any atom is -0.456 e. The van der Waals surface area contributed by atoms with Crippen LogP contribution < -0.4 is 4.90 Å². The van der Waals surface area contributed by atoms with Gasteiger partial charge in [-0.05, 0) is 59.7 Å². The third-order valence-electron chi connectivity index (χ3n) is 8.90. The molecule has 0 spiro atoms. The zero-order valence-corrected chi connectivity index (χ0v) is 27.0. The third-order valence-corrected chi connectivity index (χ3v) is 8.90. The Labute approximate surface area is 289 Å². The summed E-state index contributed by atoms with van der Waals surface area (Å²) in [6, 6.07) is 62.1. The predicted molar refractivity (Wildman–Crippen MR) is 204 cm³/mol. The average molecular weight is 643 g/mol. The molecule has 0 saturated heterocycles. The Hall–Kier alpha value is -6.85. The summed E-state index contributed by atoms with van der Waals surface area (Å²) in [4.78, 5) is 17.4. The minimum absolute atomic E-state index is 0.589. The molecule has 0 bridgehead atoms. The number of nitrogens with zero attached hydrogens (tertiary/aromatic N) is 4. The highest BCUT2D eigenvalue weighted by Crippen LogP contribution is 2.41. The Morgan fingerprint density at radius 1 is 0.360 bits per heavy atom. The standard InChI is InChI=1S/C45H30N4O/c1-5-15-31(16-6-1)33-19-13-20-34(29-33)44-46-43(32-17-7-2-8-18-32)47-45(48-44)39-25-14-26-40-42(39)38-28-27-37(30-41(38)50-40)49(35-21-9-3-10-22-35)36-23-11-4-12-24-36/h1-30H. The molecule has 0 N–H and O–H groups in total. The summed E-state index contributed by atoms with van der Waals surface area (Å²) in [6.45, 7) is 0. The lowest BCUT2D eigenvalue weighted by atomic mass is 10.0. The highest BCUT2D eigenvalue weighted by molar-refractivity contribution is 6.12. The molecule has 0 aliphatic carbocycles. The van der Waals surface area contributed by atoms with E-state index in [2.05, 4.69) is 126 Å². The van der Waals surface area contributed by atoms with Gasteiger partial charge >= 0.3 is 0 Å². The fourth-order valence-electron chi connectivity index (χ4n) is 6.55. The molecule has 0 saturated carbocycles. The van der Waals surface area contributed by atoms with Crippen LogP contribution in [0.3, 0.4) is 0 Å². The Kier molecular flexibility index (Phi) is 7.41. The number of benzene rings is 7. The molecule has 0 aliphatic heterocycles. The number of hydrogen-bond acceptors (Lipinski definition) is 5. The van der Waals surface area contributed by atoms with Crippen molar-refractivity contribution in [3.63, 3.8) is 0 Å². The summed E-state index contributed by atoms with van der Waals surface area (Å²) in [7, 11) is 0. The van der Waals surface area contributed by atoms with Gasteiger partial charge in [-0.2, -0.15) is 0 Å². The first kappa shape index (κ1) is 29.3. The second-order valence-electron chi connectivity index (χ2n) is 12.1. The number of furan rings is 1. The zero-order chi connectivity index (χ0) is 33.3. The molecule has 7 aromatic carbocycles. The van der Waals surface area contributed by atoms with Crippen molar-refractivity contribution in [1.82, 2.24) is 15.0 Å². The summed E-state index contributed by atoms with van der Waals surface area (Å²) in [5.74, 6) is 1.82. The van der Waals surface area contributed by atoms with Gasteiger partial charge in [-0.15, -0.1) is 0 Å². The van der Waals surface area contributed by atoms with Gasteiger partial charge in [0.2, 0.25) is 0 Å². The molecule has 0 fully saturated rings. The van der Waals surface area contributed by atoms with E-state index in [0.29, 0.717) is 17.5 Å². The van der Waals surface area contributed by atoms with Crippen molar-refractivity contribution >= 4 is 39.0 Å². The van der Waals surface area contributed by atoms with E-state index in [1.807, 2.05) is 60.7 Å². The fraction of sp³-hybridized carbons (Fsp3) is 0. The first-order valence-electron chi connectivity index (χ1n) is 16.6. The number of para-hydroxylation sites is 2. The van der Waals surface area contributed by atoms with Gasteiger partial charge in [0.15, 0.2) is 17.5 Å². The van der Waals surface area contributed by atoms with E-state index >= 15 is 0 Å². The van der Waals surface area contributed by atoms with Crippen molar-refractivity contribution in [2.75, 3.05) is 4.90 Å². The molecule has 5 heteroatoms. The van der Waals surface area contributed by atoms with Crippen molar-refractivity contribution < 1.29 is 4.42 Å². The summed E-state index contributed by atoms with van der Waals surface area (Å²) in [5.41, 5.74) is 9.67. The predicted octanol–water partition coefficient (Wildman–Crippen LogP) is 11.9. The van der Waals surface area contributed by atoms with Crippen molar-refractivity contribution in [3.8, 4) is 45.3 Å². The topological polar surface area (TPSA) is 55.1 Å². The van der Waals surface area contributed by atoms with Gasteiger partial charge in [-0.3, -0.25) is 0 Å². The van der Waals surface area contributed by atoms with Gasteiger partial charge in [0, 0.05) is 50.6 Å². The molecule has 9 rings (SSSR count). The Balaban J connectivity index is 1.21. The zero-order valence-electron chi connectivity index (χ0n) is 27.0. The summed E-state index contributed by atoms with van der Waals surface area (Å²) in [5, 5.41) is 1.96. The SMILES string of the molecule is c1ccc(-c2cccc(-c3nc(-c4ccccc4)nc(-c4cccc5oc6cc(N(c7ccccc7)c7ccccc7)ccc6c45)n3)c2)cc1. The van der Waals surface area contributed by atoms with Crippen LogP contribution in [0.2, 0.25) is 0 Å². The lowest BCUT2D eigenvalue weighted by molar-refractivity contribution is 0.669. The maximum Gasteiger partial charge on any atom is 0.164 e. The Morgan fingerprint density at radius 2 is 0.900 bits per heavy atom. The largest absolute Gasteiger partial charge is 0.456 e. The normalized spacial score (nSPS) is 11.2. The quantitative estimate of drug-likeness (QED) is 0.173. The van der Waals surface area contributed by atoms with Crippen LogP contribution in [0, 0.1) is 0 Å². The van der Waals surface area contributed by atoms with Crippen LogP contribution in [0.1, 0.15) is 0 Å². The molecular formula is C45H30N4O. The first-order valence-corrected chi connectivity index (χ1v) is 16.6. The van der Waals surface area contributed by atoms with Gasteiger partial charge in [0.1, 0.15) is 11.2 Å². The van der Waals surface area contributed by atoms with E-state index < -0.39 is 0 Å². The van der Waals surface area contributed by atoms with Crippen molar-refractivity contribution in [2.45, 2.75) is 0 Å². The molecule has 2 heterocycles. The van der Waals surface area contributed by atoms with Gasteiger partial charge in [-0.25, -0.2) is 15.0 Å². The summed E-state index contributed by atoms with van der Waals surface area (Å²) in [6.07, 6.45) is 0.